The van der Waals surface area contributed by atoms with Crippen molar-refractivity contribution in [3.63, 3.8) is 0 Å². The Morgan fingerprint density at radius 1 is 1.62 bits per heavy atom. The molecule has 11 nitrogen and oxygen atoms in total. The zero-order valence-corrected chi connectivity index (χ0v) is 16.7. The van der Waals surface area contributed by atoms with Crippen LogP contribution in [-0.2, 0) is 24.7 Å². The normalized spacial score (nSPS) is 17.8. The summed E-state index contributed by atoms with van der Waals surface area (Å²) in [5.74, 6) is -1.94. The molecule has 2 amide bonds. The molecule has 1 aromatic heterocycles. The summed E-state index contributed by atoms with van der Waals surface area (Å²) in [6.45, 7) is -0.469. The number of amides is 2. The molecule has 0 spiro atoms. The van der Waals surface area contributed by atoms with E-state index in [1.165, 1.54) is 7.11 Å². The van der Waals surface area contributed by atoms with E-state index in [0.29, 0.717) is 0 Å². The molecule has 3 N–H and O–H groups in total. The second-order valence-electron chi connectivity index (χ2n) is 4.15. The van der Waals surface area contributed by atoms with Crippen LogP contribution in [0.2, 0.25) is 4.34 Å². The van der Waals surface area contributed by atoms with Crippen molar-refractivity contribution in [2.24, 2.45) is 5.16 Å². The van der Waals surface area contributed by atoms with Gasteiger partial charge in [0.2, 0.25) is 0 Å². The van der Waals surface area contributed by atoms with Crippen LogP contribution in [-0.4, -0.2) is 59.5 Å². The molecule has 0 bridgehead atoms. The molecule has 2 heterocycles. The molecular weight excluding hydrogens is 397 g/mol. The first kappa shape index (κ1) is 21.1. The van der Waals surface area contributed by atoms with Crippen LogP contribution in [0.15, 0.2) is 5.16 Å². The fourth-order valence-corrected chi connectivity index (χ4v) is 3.29. The molecule has 1 aliphatic heterocycles. The Morgan fingerprint density at radius 3 is 2.67 bits per heavy atom. The Bertz CT molecular complexity index is 796. The largest absolute Gasteiger partial charge is 1.00 e. The minimum Gasteiger partial charge on any atom is -0.731 e. The van der Waals surface area contributed by atoms with Gasteiger partial charge in [-0.2, -0.15) is 0 Å². The average Bonchev–Trinajstić information content (AvgIpc) is 2.76. The van der Waals surface area contributed by atoms with Gasteiger partial charge in [0.15, 0.2) is 21.1 Å². The molecule has 24 heavy (non-hydrogen) atoms. The molecular formula is C9H9ClN5NaO6S2. The number of hydrogen-bond donors (Lipinski definition) is 2. The summed E-state index contributed by atoms with van der Waals surface area (Å²) in [5.41, 5.74) is 5.08. The Morgan fingerprint density at radius 2 is 2.25 bits per heavy atom. The van der Waals surface area contributed by atoms with E-state index in [0.717, 1.165) is 11.3 Å². The molecule has 126 valence electrons. The van der Waals surface area contributed by atoms with Crippen molar-refractivity contribution in [2.75, 3.05) is 19.4 Å². The predicted octanol–water partition coefficient (Wildman–Crippen LogP) is -4.48. The molecule has 1 unspecified atom stereocenters. The average molecular weight is 406 g/mol. The zero-order valence-electron chi connectivity index (χ0n) is 12.3. The Hall–Kier alpha value is -0.960. The van der Waals surface area contributed by atoms with Gasteiger partial charge < -0.3 is 20.4 Å². The monoisotopic (exact) mass is 405 g/mol. The number of hydrogen-bond acceptors (Lipinski definition) is 10. The summed E-state index contributed by atoms with van der Waals surface area (Å²) in [7, 11) is -3.71. The summed E-state index contributed by atoms with van der Waals surface area (Å²) >= 11 is 6.78. The molecule has 1 aromatic rings. The van der Waals surface area contributed by atoms with Crippen molar-refractivity contribution in [3.8, 4) is 0 Å². The molecule has 1 aliphatic rings. The number of aromatic nitrogens is 1. The van der Waals surface area contributed by atoms with E-state index in [1.54, 1.807) is 0 Å². The first-order valence-electron chi connectivity index (χ1n) is 5.76. The van der Waals surface area contributed by atoms with Gasteiger partial charge in [0.05, 0.1) is 6.54 Å². The van der Waals surface area contributed by atoms with Gasteiger partial charge in [-0.1, -0.05) is 28.1 Å². The molecule has 0 aliphatic carbocycles. The van der Waals surface area contributed by atoms with Crippen molar-refractivity contribution in [1.29, 1.82) is 0 Å². The number of anilines is 1. The standard InChI is InChI=1S/C9H10ClN5O6S2.Na/c1-21-14-5(4-6(10)22-9(11)13-4)7(16)12-3-2-15(8(3)17)23(18,19)20;/h3H,2H2,1H3,(H2,11,13)(H,12,16)(H,18,19,20);/q;+1/p-1/b14-5-;. The van der Waals surface area contributed by atoms with E-state index in [9.17, 15) is 22.6 Å². The number of carbonyl (C=O) groups is 2. The maximum absolute atomic E-state index is 12.1. The van der Waals surface area contributed by atoms with Crippen LogP contribution in [0.4, 0.5) is 5.13 Å². The number of β-lactam (4-membered cyclic amide) rings is 1. The first-order valence-corrected chi connectivity index (χ1v) is 8.32. The summed E-state index contributed by atoms with van der Waals surface area (Å²) < 4.78 is 32.3. The summed E-state index contributed by atoms with van der Waals surface area (Å²) in [5, 5.41) is 5.77. The van der Waals surface area contributed by atoms with Crippen LogP contribution in [0.25, 0.3) is 0 Å². The predicted molar refractivity (Wildman–Crippen MR) is 78.4 cm³/mol. The summed E-state index contributed by atoms with van der Waals surface area (Å²) in [6, 6.07) is -1.18. The van der Waals surface area contributed by atoms with Crippen LogP contribution in [0, 0.1) is 0 Å². The Labute approximate surface area is 167 Å². The van der Waals surface area contributed by atoms with E-state index in [4.69, 9.17) is 17.3 Å². The summed E-state index contributed by atoms with van der Waals surface area (Å²) in [4.78, 5) is 32.0. The second-order valence-corrected chi connectivity index (χ2v) is 7.08. The smallest absolute Gasteiger partial charge is 0.731 e. The van der Waals surface area contributed by atoms with Gasteiger partial charge in [0.1, 0.15) is 23.2 Å². The van der Waals surface area contributed by atoms with Gasteiger partial charge in [-0.15, -0.1) is 0 Å². The Balaban J connectivity index is 0.00000288. The minimum absolute atomic E-state index is 0. The van der Waals surface area contributed by atoms with Crippen molar-refractivity contribution in [2.45, 2.75) is 6.04 Å². The van der Waals surface area contributed by atoms with Gasteiger partial charge in [0.25, 0.3) is 11.8 Å². The number of nitrogens with one attached hydrogen (secondary N) is 1. The van der Waals surface area contributed by atoms with E-state index in [-0.39, 0.29) is 54.7 Å². The number of nitrogens with two attached hydrogens (primary N) is 1. The molecule has 1 atom stereocenters. The van der Waals surface area contributed by atoms with Crippen LogP contribution < -0.4 is 40.6 Å². The number of nitrogens with zero attached hydrogens (tertiary/aromatic N) is 3. The SMILES string of the molecule is CO/N=C(\C(=O)NC1CN(S(=O)(=O)[O-])C1=O)c1nc(N)sc1Cl.[Na+]. The van der Waals surface area contributed by atoms with Crippen LogP contribution in [0.3, 0.4) is 0 Å². The molecule has 0 aromatic carbocycles. The number of rotatable bonds is 5. The molecule has 1 saturated heterocycles. The maximum Gasteiger partial charge on any atom is 1.00 e. The molecule has 15 heteroatoms. The topological polar surface area (TPSA) is 167 Å². The van der Waals surface area contributed by atoms with Crippen LogP contribution in [0.5, 0.6) is 0 Å². The zero-order chi connectivity index (χ0) is 17.4. The maximum atomic E-state index is 12.1. The van der Waals surface area contributed by atoms with Crippen molar-refractivity contribution in [3.05, 3.63) is 10.0 Å². The van der Waals surface area contributed by atoms with Crippen LogP contribution >= 0.6 is 22.9 Å². The third kappa shape index (κ3) is 4.36. The fraction of sp³-hybridized carbons (Fsp3) is 0.333. The van der Waals surface area contributed by atoms with Crippen molar-refractivity contribution in [1.82, 2.24) is 14.6 Å². The van der Waals surface area contributed by atoms with Gasteiger partial charge >= 0.3 is 29.6 Å². The van der Waals surface area contributed by atoms with Crippen molar-refractivity contribution < 1.29 is 57.0 Å². The first-order chi connectivity index (χ1) is 10.6. The Kier molecular flexibility index (Phi) is 6.98. The number of halogens is 1. The molecule has 0 saturated carbocycles. The van der Waals surface area contributed by atoms with Gasteiger partial charge in [-0.3, -0.25) is 9.59 Å². The van der Waals surface area contributed by atoms with E-state index in [1.807, 2.05) is 0 Å². The van der Waals surface area contributed by atoms with Crippen LogP contribution in [0.1, 0.15) is 5.69 Å². The second kappa shape index (κ2) is 7.95. The van der Waals surface area contributed by atoms with Crippen molar-refractivity contribution >= 4 is 55.9 Å². The minimum atomic E-state index is -4.89. The molecule has 1 fully saturated rings. The van der Waals surface area contributed by atoms with Gasteiger partial charge in [-0.25, -0.2) is 17.7 Å². The molecule has 2 rings (SSSR count). The molecule has 0 radical (unpaired) electrons. The number of nitrogen functional groups attached to an aromatic ring is 1. The van der Waals surface area contributed by atoms with Gasteiger partial charge in [0, 0.05) is 0 Å². The third-order valence-corrected chi connectivity index (χ3v) is 4.64. The van der Waals surface area contributed by atoms with E-state index >= 15 is 0 Å². The van der Waals surface area contributed by atoms with E-state index in [2.05, 4.69) is 20.3 Å². The third-order valence-electron chi connectivity index (χ3n) is 2.69. The number of oxime groups is 1. The van der Waals surface area contributed by atoms with Gasteiger partial charge in [-0.05, 0) is 0 Å². The van der Waals surface area contributed by atoms with E-state index < -0.39 is 34.7 Å². The number of thiazole rings is 1. The summed E-state index contributed by atoms with van der Waals surface area (Å²) in [6.07, 6.45) is 0. The fourth-order valence-electron chi connectivity index (χ4n) is 1.68. The quantitative estimate of drug-likeness (QED) is 0.162. The number of carbonyl (C=O) groups excluding carboxylic acids is 2.